The van der Waals surface area contributed by atoms with E-state index in [1.54, 1.807) is 0 Å². The lowest BCUT2D eigenvalue weighted by Crippen LogP contribution is -2.29. The number of hydrogen-bond acceptors (Lipinski definition) is 5. The van der Waals surface area contributed by atoms with Crippen molar-refractivity contribution >= 4 is 5.82 Å². The Morgan fingerprint density at radius 2 is 2.20 bits per heavy atom. The summed E-state index contributed by atoms with van der Waals surface area (Å²) in [6.45, 7) is -8.37. The van der Waals surface area contributed by atoms with Gasteiger partial charge < -0.3 is 15.8 Å². The zero-order valence-corrected chi connectivity index (χ0v) is 16.2. The second-order valence-corrected chi connectivity index (χ2v) is 6.92. The molecule has 1 saturated heterocycles. The van der Waals surface area contributed by atoms with Crippen molar-refractivity contribution in [1.29, 1.82) is 0 Å². The molecule has 0 saturated carbocycles. The van der Waals surface area contributed by atoms with Gasteiger partial charge in [-0.3, -0.25) is 4.68 Å². The quantitative estimate of drug-likeness (QED) is 0.642. The van der Waals surface area contributed by atoms with Crippen LogP contribution in [0.15, 0.2) is 36.8 Å². The van der Waals surface area contributed by atoms with Gasteiger partial charge in [-0.15, -0.1) is 0 Å². The number of rotatable bonds is 5. The molecule has 3 heterocycles. The molecular weight excluding hydrogens is 381 g/mol. The minimum atomic E-state index is -2.99. The number of aryl methyl sites for hydroxylation is 1. The average molecular weight is 421 g/mol. The third-order valence-corrected chi connectivity index (χ3v) is 4.87. The van der Waals surface area contributed by atoms with Crippen LogP contribution in [0.4, 0.5) is 10.2 Å². The van der Waals surface area contributed by atoms with E-state index in [1.165, 1.54) is 30.1 Å². The maximum absolute atomic E-state index is 14.8. The fourth-order valence-electron chi connectivity index (χ4n) is 3.26. The van der Waals surface area contributed by atoms with Crippen molar-refractivity contribution in [3.63, 3.8) is 0 Å². The van der Waals surface area contributed by atoms with Gasteiger partial charge >= 0.3 is 0 Å². The zero-order chi connectivity index (χ0) is 30.7. The number of nitrogens with one attached hydrogen (secondary N) is 1. The summed E-state index contributed by atoms with van der Waals surface area (Å²) >= 11 is 0. The maximum Gasteiger partial charge on any atom is 0.166 e. The van der Waals surface area contributed by atoms with Crippen LogP contribution in [0.1, 0.15) is 63.7 Å². The Morgan fingerprint density at radius 3 is 2.97 bits per heavy atom. The number of piperidine rings is 1. The summed E-state index contributed by atoms with van der Waals surface area (Å²) in [5, 5.41) is 6.56. The molecule has 1 aliphatic heterocycles. The van der Waals surface area contributed by atoms with Crippen LogP contribution in [0.2, 0.25) is 0 Å². The molecule has 4 rings (SSSR count). The maximum atomic E-state index is 14.8. The van der Waals surface area contributed by atoms with Crippen molar-refractivity contribution in [3.05, 3.63) is 59.3 Å². The number of hydrogen-bond donors (Lipinski definition) is 2. The van der Waals surface area contributed by atoms with Gasteiger partial charge in [0.05, 0.1) is 13.6 Å². The van der Waals surface area contributed by atoms with E-state index in [0.29, 0.717) is 5.56 Å². The van der Waals surface area contributed by atoms with Gasteiger partial charge in [0.25, 0.3) is 0 Å². The standard InChI is InChI=1S/C23H28FN5O/c1-14-4-5-20(24)15(2)22(14)16(3)30-21-10-17(11-27-23(21)25)18-12-28-29(13-18)19-6-8-26-9-7-19/h4-5,10-13,16,19,26H,6-9H2,1-3H3,(H2,25,27)/t16-/m1/s1/i1D3,2D3,8D2,9D2,11D. The van der Waals surface area contributed by atoms with E-state index >= 15 is 0 Å². The molecule has 0 unspecified atom stereocenters. The van der Waals surface area contributed by atoms with Crippen LogP contribution in [0, 0.1) is 19.5 Å². The first-order valence-corrected chi connectivity index (χ1v) is 9.29. The third-order valence-electron chi connectivity index (χ3n) is 4.87. The predicted octanol–water partition coefficient (Wildman–Crippen LogP) is 4.35. The summed E-state index contributed by atoms with van der Waals surface area (Å²) in [4.78, 5) is 3.98. The molecule has 1 aromatic carbocycles. The molecule has 0 spiro atoms. The number of ether oxygens (including phenoxy) is 1. The minimum Gasteiger partial charge on any atom is -0.482 e. The van der Waals surface area contributed by atoms with Crippen molar-refractivity contribution in [2.45, 2.75) is 45.6 Å². The molecule has 3 aromatic rings. The fourth-order valence-corrected chi connectivity index (χ4v) is 3.26. The molecule has 6 nitrogen and oxygen atoms in total. The van der Waals surface area contributed by atoms with Gasteiger partial charge in [0.15, 0.2) is 11.6 Å². The van der Waals surface area contributed by atoms with Gasteiger partial charge in [0.2, 0.25) is 0 Å². The Labute approximate surface area is 191 Å². The fraction of sp³-hybridized carbons (Fsp3) is 0.391. The molecule has 30 heavy (non-hydrogen) atoms. The normalized spacial score (nSPS) is 25.5. The number of pyridine rings is 1. The van der Waals surface area contributed by atoms with Crippen LogP contribution in [0.25, 0.3) is 11.1 Å². The first-order valence-electron chi connectivity index (χ1n) is 14.8. The molecule has 3 N–H and O–H groups in total. The molecule has 0 aliphatic carbocycles. The molecule has 1 fully saturated rings. The SMILES string of the molecule is [2H]c1nc(N)c(O[C@H](C)c2c(C([2H])([2H])[2H])ccc(F)c2C([2H])([2H])[2H])cc1-c1cnn(C2CC([2H])([2H])NC([2H])([2H])C2)c1. The van der Waals surface area contributed by atoms with Crippen LogP contribution in [-0.2, 0) is 0 Å². The largest absolute Gasteiger partial charge is 0.482 e. The first kappa shape index (κ1) is 10.9. The van der Waals surface area contributed by atoms with E-state index in [4.69, 9.17) is 25.5 Å². The molecule has 0 amide bonds. The van der Waals surface area contributed by atoms with Gasteiger partial charge in [0, 0.05) is 42.8 Å². The number of nitrogen functional groups attached to an aromatic ring is 1. The van der Waals surface area contributed by atoms with Crippen molar-refractivity contribution < 1.29 is 24.2 Å². The summed E-state index contributed by atoms with van der Waals surface area (Å²) in [5.41, 5.74) is 4.97. The van der Waals surface area contributed by atoms with E-state index in [0.717, 1.165) is 12.1 Å². The lowest BCUT2D eigenvalue weighted by Gasteiger charge is -2.22. The monoisotopic (exact) mass is 420 g/mol. The van der Waals surface area contributed by atoms with E-state index in [9.17, 15) is 4.39 Å². The number of benzene rings is 1. The first-order chi connectivity index (χ1) is 18.7. The minimum absolute atomic E-state index is 0.0570. The molecule has 158 valence electrons. The highest BCUT2D eigenvalue weighted by Gasteiger charge is 2.19. The number of nitrogens with zero attached hydrogens (tertiary/aromatic N) is 3. The van der Waals surface area contributed by atoms with Gasteiger partial charge in [-0.05, 0) is 69.7 Å². The molecule has 1 aliphatic rings. The number of anilines is 1. The van der Waals surface area contributed by atoms with Crippen molar-refractivity contribution in [3.8, 4) is 16.9 Å². The number of nitrogens with two attached hydrogens (primary N) is 1. The topological polar surface area (TPSA) is 78.0 Å². The highest BCUT2D eigenvalue weighted by molar-refractivity contribution is 5.66. The number of aromatic nitrogens is 3. The van der Waals surface area contributed by atoms with Crippen molar-refractivity contribution in [1.82, 2.24) is 20.1 Å². The number of halogens is 1. The summed E-state index contributed by atoms with van der Waals surface area (Å²) in [7, 11) is 0. The Morgan fingerprint density at radius 1 is 1.37 bits per heavy atom. The van der Waals surface area contributed by atoms with Crippen LogP contribution in [-0.4, -0.2) is 27.8 Å². The van der Waals surface area contributed by atoms with Gasteiger partial charge in [-0.25, -0.2) is 9.37 Å². The molecular formula is C23H28FN5O. The predicted molar refractivity (Wildman–Crippen MR) is 116 cm³/mol. The van der Waals surface area contributed by atoms with Crippen LogP contribution in [0.5, 0.6) is 5.75 Å². The Bertz CT molecular complexity index is 1440. The summed E-state index contributed by atoms with van der Waals surface area (Å²) in [6, 6.07) is 2.49. The van der Waals surface area contributed by atoms with Gasteiger partial charge in [-0.1, -0.05) is 6.07 Å². The van der Waals surface area contributed by atoms with E-state index < -0.39 is 55.8 Å². The van der Waals surface area contributed by atoms with E-state index in [-0.39, 0.29) is 41.7 Å². The Hall–Kier alpha value is -2.93. The second kappa shape index (κ2) is 8.44. The molecule has 2 aromatic heterocycles. The molecule has 7 heteroatoms. The summed E-state index contributed by atoms with van der Waals surface area (Å²) in [5.74, 6) is -1.49. The Balaban J connectivity index is 1.72. The lowest BCUT2D eigenvalue weighted by atomic mass is 9.98. The molecule has 0 bridgehead atoms. The van der Waals surface area contributed by atoms with Gasteiger partial charge in [-0.2, -0.15) is 5.10 Å². The lowest BCUT2D eigenvalue weighted by molar-refractivity contribution is 0.225. The molecule has 1 atom stereocenters. The summed E-state index contributed by atoms with van der Waals surface area (Å²) in [6.07, 6.45) is 1.20. The van der Waals surface area contributed by atoms with Crippen LogP contribution >= 0.6 is 0 Å². The average Bonchev–Trinajstić information content (AvgIpc) is 3.27. The van der Waals surface area contributed by atoms with Crippen molar-refractivity contribution in [2.75, 3.05) is 18.7 Å². The van der Waals surface area contributed by atoms with Crippen LogP contribution in [0.3, 0.4) is 0 Å². The summed E-state index contributed by atoms with van der Waals surface area (Å²) < 4.78 is 109. The zero-order valence-electron chi connectivity index (χ0n) is 27.2. The van der Waals surface area contributed by atoms with Gasteiger partial charge in [0.1, 0.15) is 11.9 Å². The van der Waals surface area contributed by atoms with Crippen LogP contribution < -0.4 is 15.8 Å². The third kappa shape index (κ3) is 4.03. The highest BCUT2D eigenvalue weighted by Crippen LogP contribution is 2.33. The Kier molecular flexibility index (Phi) is 3.07. The van der Waals surface area contributed by atoms with E-state index in [1.807, 2.05) is 0 Å². The second-order valence-electron chi connectivity index (χ2n) is 6.92. The van der Waals surface area contributed by atoms with E-state index in [2.05, 4.69) is 15.4 Å². The molecule has 0 radical (unpaired) electrons. The highest BCUT2D eigenvalue weighted by atomic mass is 19.1. The van der Waals surface area contributed by atoms with Crippen molar-refractivity contribution in [2.24, 2.45) is 0 Å². The smallest absolute Gasteiger partial charge is 0.166 e.